The van der Waals surface area contributed by atoms with Gasteiger partial charge in [0.15, 0.2) is 5.72 Å². The Balaban J connectivity index is 1.44. The van der Waals surface area contributed by atoms with E-state index in [9.17, 15) is 4.79 Å². The predicted molar refractivity (Wildman–Crippen MR) is 102 cm³/mol. The van der Waals surface area contributed by atoms with Gasteiger partial charge in [0.1, 0.15) is 0 Å². The standard InChI is InChI=1S/C21H26N4O2/c1-14-4-5-15(2)17(10-14)20-16(12-22-23-20)13-24-8-6-21-18(24)11-19(26)25(21)7-3-9-27-21/h4-5,10,12,18H,3,6-9,11,13H2,1-2H3,(H,22,23)/t18-,21+/m1/s1. The number of nitrogens with zero attached hydrogens (tertiary/aromatic N) is 3. The number of carbonyl (C=O) groups excluding carboxylic acids is 1. The van der Waals surface area contributed by atoms with Crippen molar-refractivity contribution >= 4 is 5.91 Å². The molecule has 0 saturated carbocycles. The van der Waals surface area contributed by atoms with Crippen LogP contribution in [-0.4, -0.2) is 57.4 Å². The highest BCUT2D eigenvalue weighted by atomic mass is 16.5. The average molecular weight is 366 g/mol. The lowest BCUT2D eigenvalue weighted by Crippen LogP contribution is -2.56. The van der Waals surface area contributed by atoms with Crippen LogP contribution in [-0.2, 0) is 16.1 Å². The first-order chi connectivity index (χ1) is 13.1. The quantitative estimate of drug-likeness (QED) is 0.907. The second kappa shape index (κ2) is 6.17. The Morgan fingerprint density at radius 1 is 1.33 bits per heavy atom. The first-order valence-electron chi connectivity index (χ1n) is 9.87. The summed E-state index contributed by atoms with van der Waals surface area (Å²) in [5, 5.41) is 7.53. The highest BCUT2D eigenvalue weighted by molar-refractivity contribution is 5.81. The van der Waals surface area contributed by atoms with E-state index in [1.165, 1.54) is 22.3 Å². The number of benzene rings is 1. The Kier molecular flexibility index (Phi) is 3.88. The second-order valence-corrected chi connectivity index (χ2v) is 8.12. The average Bonchev–Trinajstić information content (AvgIpc) is 3.32. The molecule has 3 fully saturated rings. The molecule has 3 aliphatic rings. The van der Waals surface area contributed by atoms with Crippen LogP contribution in [0.25, 0.3) is 11.3 Å². The van der Waals surface area contributed by atoms with Gasteiger partial charge in [0, 0.05) is 43.6 Å². The van der Waals surface area contributed by atoms with Crippen molar-refractivity contribution in [3.63, 3.8) is 0 Å². The molecule has 2 aromatic rings. The summed E-state index contributed by atoms with van der Waals surface area (Å²) in [6, 6.07) is 6.65. The van der Waals surface area contributed by atoms with Crippen molar-refractivity contribution in [3.8, 4) is 11.3 Å². The van der Waals surface area contributed by atoms with Crippen molar-refractivity contribution in [3.05, 3.63) is 41.1 Å². The fraction of sp³-hybridized carbons (Fsp3) is 0.524. The number of aryl methyl sites for hydroxylation is 2. The van der Waals surface area contributed by atoms with E-state index >= 15 is 0 Å². The van der Waals surface area contributed by atoms with Gasteiger partial charge in [0.05, 0.1) is 24.5 Å². The van der Waals surface area contributed by atoms with Gasteiger partial charge in [0.25, 0.3) is 0 Å². The molecule has 0 bridgehead atoms. The van der Waals surface area contributed by atoms with Crippen molar-refractivity contribution in [2.75, 3.05) is 19.7 Å². The minimum Gasteiger partial charge on any atom is -0.354 e. The van der Waals surface area contributed by atoms with Gasteiger partial charge in [0.2, 0.25) is 5.91 Å². The van der Waals surface area contributed by atoms with Crippen molar-refractivity contribution in [1.82, 2.24) is 20.0 Å². The van der Waals surface area contributed by atoms with Crippen LogP contribution in [0.15, 0.2) is 24.4 Å². The van der Waals surface area contributed by atoms with Gasteiger partial charge in [-0.25, -0.2) is 0 Å². The smallest absolute Gasteiger partial charge is 0.226 e. The molecule has 6 heteroatoms. The summed E-state index contributed by atoms with van der Waals surface area (Å²) in [5.41, 5.74) is 5.56. The summed E-state index contributed by atoms with van der Waals surface area (Å²) in [6.45, 7) is 7.58. The van der Waals surface area contributed by atoms with Crippen LogP contribution in [0.4, 0.5) is 0 Å². The summed E-state index contributed by atoms with van der Waals surface area (Å²) in [7, 11) is 0. The zero-order chi connectivity index (χ0) is 18.6. The largest absolute Gasteiger partial charge is 0.354 e. The van der Waals surface area contributed by atoms with Crippen LogP contribution >= 0.6 is 0 Å². The molecule has 1 amide bonds. The minimum absolute atomic E-state index is 0.145. The van der Waals surface area contributed by atoms with Crippen LogP contribution in [0, 0.1) is 13.8 Å². The second-order valence-electron chi connectivity index (χ2n) is 8.12. The van der Waals surface area contributed by atoms with Gasteiger partial charge >= 0.3 is 0 Å². The lowest BCUT2D eigenvalue weighted by atomic mass is 10.00. The summed E-state index contributed by atoms with van der Waals surface area (Å²) in [6.07, 6.45) is 4.34. The summed E-state index contributed by atoms with van der Waals surface area (Å²) < 4.78 is 6.22. The third-order valence-electron chi connectivity index (χ3n) is 6.48. The van der Waals surface area contributed by atoms with Gasteiger partial charge in [-0.1, -0.05) is 17.7 Å². The number of aromatic nitrogens is 2. The van der Waals surface area contributed by atoms with Crippen molar-refractivity contribution in [2.24, 2.45) is 0 Å². The number of carbonyl (C=O) groups is 1. The summed E-state index contributed by atoms with van der Waals surface area (Å²) >= 11 is 0. The van der Waals surface area contributed by atoms with Gasteiger partial charge in [-0.2, -0.15) is 5.10 Å². The van der Waals surface area contributed by atoms with Crippen molar-refractivity contribution < 1.29 is 9.53 Å². The number of ether oxygens (including phenoxy) is 1. The van der Waals surface area contributed by atoms with Crippen LogP contribution in [0.1, 0.15) is 36.0 Å². The van der Waals surface area contributed by atoms with E-state index in [4.69, 9.17) is 4.74 Å². The molecule has 3 aliphatic heterocycles. The lowest BCUT2D eigenvalue weighted by Gasteiger charge is -2.42. The molecule has 4 heterocycles. The molecule has 1 N–H and O–H groups in total. The number of H-pyrrole nitrogens is 1. The molecule has 5 rings (SSSR count). The van der Waals surface area contributed by atoms with Gasteiger partial charge in [-0.15, -0.1) is 0 Å². The fourth-order valence-corrected chi connectivity index (χ4v) is 5.11. The summed E-state index contributed by atoms with van der Waals surface area (Å²) in [4.78, 5) is 17.0. The van der Waals surface area contributed by atoms with E-state index in [1.54, 1.807) is 0 Å². The van der Waals surface area contributed by atoms with Crippen LogP contribution in [0.2, 0.25) is 0 Å². The topological polar surface area (TPSA) is 61.5 Å². The molecule has 27 heavy (non-hydrogen) atoms. The molecule has 2 atom stereocenters. The Labute approximate surface area is 159 Å². The third-order valence-corrected chi connectivity index (χ3v) is 6.48. The molecule has 0 unspecified atom stereocenters. The SMILES string of the molecule is Cc1ccc(C)c(-c2[nH]ncc2CN2CC[C@@]34OCCCN3C(=O)C[C@@H]24)c1. The number of nitrogens with one attached hydrogen (secondary N) is 1. The molecule has 0 aliphatic carbocycles. The van der Waals surface area contributed by atoms with Gasteiger partial charge < -0.3 is 9.64 Å². The molecule has 0 radical (unpaired) electrons. The predicted octanol–water partition coefficient (Wildman–Crippen LogP) is 2.62. The first-order valence-corrected chi connectivity index (χ1v) is 9.87. The Morgan fingerprint density at radius 3 is 3.11 bits per heavy atom. The van der Waals surface area contributed by atoms with Crippen LogP contribution in [0.3, 0.4) is 0 Å². The van der Waals surface area contributed by atoms with Gasteiger partial charge in [-0.05, 0) is 31.9 Å². The molecule has 1 aromatic heterocycles. The first kappa shape index (κ1) is 17.0. The third kappa shape index (κ3) is 2.54. The van der Waals surface area contributed by atoms with E-state index in [-0.39, 0.29) is 11.9 Å². The monoisotopic (exact) mass is 366 g/mol. The van der Waals surface area contributed by atoms with Crippen LogP contribution in [0.5, 0.6) is 0 Å². The number of likely N-dealkylation sites (tertiary alicyclic amines) is 1. The van der Waals surface area contributed by atoms with E-state index in [1.807, 2.05) is 11.1 Å². The molecular weight excluding hydrogens is 340 g/mol. The highest BCUT2D eigenvalue weighted by Gasteiger charge is 2.60. The van der Waals surface area contributed by atoms with Crippen molar-refractivity contribution in [2.45, 2.75) is 51.4 Å². The highest BCUT2D eigenvalue weighted by Crippen LogP contribution is 2.45. The number of aromatic amines is 1. The van der Waals surface area contributed by atoms with E-state index < -0.39 is 5.72 Å². The normalized spacial score (nSPS) is 27.9. The zero-order valence-corrected chi connectivity index (χ0v) is 16.0. The maximum Gasteiger partial charge on any atom is 0.226 e. The molecule has 3 saturated heterocycles. The molecule has 6 nitrogen and oxygen atoms in total. The van der Waals surface area contributed by atoms with Crippen molar-refractivity contribution in [1.29, 1.82) is 0 Å². The zero-order valence-electron chi connectivity index (χ0n) is 16.0. The molecule has 142 valence electrons. The number of amides is 1. The summed E-state index contributed by atoms with van der Waals surface area (Å²) in [5.74, 6) is 0.242. The maximum absolute atomic E-state index is 12.5. The molecular formula is C21H26N4O2. The Hall–Kier alpha value is -2.18. The fourth-order valence-electron chi connectivity index (χ4n) is 5.11. The molecule has 1 aromatic carbocycles. The van der Waals surface area contributed by atoms with Gasteiger partial charge in [-0.3, -0.25) is 14.8 Å². The maximum atomic E-state index is 12.5. The number of rotatable bonds is 3. The van der Waals surface area contributed by atoms with Crippen LogP contribution < -0.4 is 0 Å². The Bertz CT molecular complexity index is 892. The minimum atomic E-state index is -0.390. The lowest BCUT2D eigenvalue weighted by molar-refractivity contribution is -0.180. The molecule has 1 spiro atoms. The van der Waals surface area contributed by atoms with E-state index in [0.29, 0.717) is 6.42 Å². The number of hydrogen-bond acceptors (Lipinski definition) is 4. The Morgan fingerprint density at radius 2 is 2.22 bits per heavy atom. The van der Waals surface area contributed by atoms with E-state index in [2.05, 4.69) is 47.1 Å². The van der Waals surface area contributed by atoms with E-state index in [0.717, 1.165) is 44.8 Å². The number of hydrogen-bond donors (Lipinski definition) is 1.